The third-order valence-corrected chi connectivity index (χ3v) is 3.59. The van der Waals surface area contributed by atoms with Gasteiger partial charge >= 0.3 is 0 Å². The van der Waals surface area contributed by atoms with E-state index < -0.39 is 5.82 Å². The first-order chi connectivity index (χ1) is 9.74. The Kier molecular flexibility index (Phi) is 3.34. The smallest absolute Gasteiger partial charge is 0.219 e. The highest BCUT2D eigenvalue weighted by molar-refractivity contribution is 7.99. The number of para-hydroxylation sites is 1. The van der Waals surface area contributed by atoms with Crippen LogP contribution in [0, 0.1) is 5.82 Å². The van der Waals surface area contributed by atoms with Gasteiger partial charge in [-0.3, -0.25) is 0 Å². The van der Waals surface area contributed by atoms with Crippen molar-refractivity contribution >= 4 is 17.4 Å². The molecule has 0 bridgehead atoms. The number of nitrogen functional groups attached to an aromatic ring is 1. The van der Waals surface area contributed by atoms with Crippen LogP contribution >= 0.6 is 11.8 Å². The topological polar surface area (TPSA) is 69.6 Å². The molecule has 0 aliphatic heterocycles. The molecule has 1 heterocycles. The van der Waals surface area contributed by atoms with Crippen LogP contribution in [0.4, 0.5) is 10.1 Å². The number of hydrogen-bond donors (Lipinski definition) is 1. The van der Waals surface area contributed by atoms with Crippen LogP contribution in [0.25, 0.3) is 5.69 Å². The van der Waals surface area contributed by atoms with E-state index in [9.17, 15) is 4.39 Å². The number of hydrogen-bond acceptors (Lipinski definition) is 5. The minimum absolute atomic E-state index is 0.384. The largest absolute Gasteiger partial charge is 0.399 e. The lowest BCUT2D eigenvalue weighted by molar-refractivity contribution is 0.602. The molecule has 2 N–H and O–H groups in total. The van der Waals surface area contributed by atoms with Gasteiger partial charge in [-0.1, -0.05) is 18.2 Å². The zero-order valence-electron chi connectivity index (χ0n) is 10.3. The van der Waals surface area contributed by atoms with Gasteiger partial charge in [0.05, 0.1) is 10.6 Å². The van der Waals surface area contributed by atoms with Crippen molar-refractivity contribution in [2.45, 2.75) is 10.1 Å². The van der Waals surface area contributed by atoms with Crippen molar-refractivity contribution in [2.75, 3.05) is 5.73 Å². The van der Waals surface area contributed by atoms with Gasteiger partial charge in [-0.2, -0.15) is 4.68 Å². The number of nitrogens with zero attached hydrogens (tertiary/aromatic N) is 4. The van der Waals surface area contributed by atoms with Crippen LogP contribution in [-0.2, 0) is 0 Å². The number of aromatic nitrogens is 4. The van der Waals surface area contributed by atoms with E-state index in [0.717, 1.165) is 17.4 Å². The molecule has 0 saturated carbocycles. The monoisotopic (exact) mass is 287 g/mol. The Morgan fingerprint density at radius 2 is 1.90 bits per heavy atom. The van der Waals surface area contributed by atoms with E-state index >= 15 is 0 Å². The van der Waals surface area contributed by atoms with Gasteiger partial charge in [0, 0.05) is 5.69 Å². The fraction of sp³-hybridized carbons (Fsp3) is 0. The van der Waals surface area contributed by atoms with Crippen LogP contribution in [0.3, 0.4) is 0 Å². The van der Waals surface area contributed by atoms with Gasteiger partial charge in [0.2, 0.25) is 5.16 Å². The number of tetrazole rings is 1. The maximum atomic E-state index is 13.8. The maximum absolute atomic E-state index is 13.8. The summed E-state index contributed by atoms with van der Waals surface area (Å²) in [6.45, 7) is 0. The average molecular weight is 287 g/mol. The molecule has 3 rings (SSSR count). The molecule has 0 aliphatic rings. The molecule has 20 heavy (non-hydrogen) atoms. The summed E-state index contributed by atoms with van der Waals surface area (Å²) in [4.78, 5) is 0.422. The lowest BCUT2D eigenvalue weighted by Crippen LogP contribution is -1.98. The van der Waals surface area contributed by atoms with Crippen molar-refractivity contribution in [1.82, 2.24) is 20.2 Å². The quantitative estimate of drug-likeness (QED) is 0.750. The highest BCUT2D eigenvalue weighted by Crippen LogP contribution is 2.29. The first-order valence-electron chi connectivity index (χ1n) is 5.81. The molecule has 2 aromatic carbocycles. The summed E-state index contributed by atoms with van der Waals surface area (Å²) in [5.41, 5.74) is 6.73. The average Bonchev–Trinajstić information content (AvgIpc) is 2.91. The second kappa shape index (κ2) is 5.30. The fourth-order valence-electron chi connectivity index (χ4n) is 1.67. The first kappa shape index (κ1) is 12.6. The van der Waals surface area contributed by atoms with Crippen LogP contribution in [0.15, 0.2) is 58.6 Å². The van der Waals surface area contributed by atoms with E-state index in [4.69, 9.17) is 5.73 Å². The molecular weight excluding hydrogens is 277 g/mol. The molecular formula is C13H10FN5S. The Labute approximate surface area is 118 Å². The van der Waals surface area contributed by atoms with E-state index in [1.54, 1.807) is 16.8 Å². The lowest BCUT2D eigenvalue weighted by Gasteiger charge is -2.05. The standard InChI is InChI=1S/C13H10FN5S/c14-11-8-9(15)6-7-12(11)20-13-16-17-18-19(13)10-4-2-1-3-5-10/h1-8H,15H2. The minimum atomic E-state index is -0.391. The number of rotatable bonds is 3. The van der Waals surface area contributed by atoms with Crippen molar-refractivity contribution in [2.24, 2.45) is 0 Å². The third-order valence-electron chi connectivity index (χ3n) is 2.60. The molecule has 3 aromatic rings. The molecule has 5 nitrogen and oxygen atoms in total. The first-order valence-corrected chi connectivity index (χ1v) is 6.62. The van der Waals surface area contributed by atoms with Gasteiger partial charge in [-0.15, -0.1) is 5.10 Å². The van der Waals surface area contributed by atoms with Crippen molar-refractivity contribution < 1.29 is 4.39 Å². The van der Waals surface area contributed by atoms with Crippen LogP contribution in [-0.4, -0.2) is 20.2 Å². The summed E-state index contributed by atoms with van der Waals surface area (Å²) in [6.07, 6.45) is 0. The Morgan fingerprint density at radius 3 is 2.65 bits per heavy atom. The number of anilines is 1. The maximum Gasteiger partial charge on any atom is 0.219 e. The molecule has 0 atom stereocenters. The molecule has 1 aromatic heterocycles. The molecule has 0 radical (unpaired) electrons. The number of halogens is 1. The summed E-state index contributed by atoms with van der Waals surface area (Å²) in [5.74, 6) is -0.391. The van der Waals surface area contributed by atoms with Gasteiger partial charge in [0.25, 0.3) is 0 Å². The van der Waals surface area contributed by atoms with E-state index in [-0.39, 0.29) is 0 Å². The highest BCUT2D eigenvalue weighted by Gasteiger charge is 2.12. The molecule has 100 valence electrons. The SMILES string of the molecule is Nc1ccc(Sc2nnnn2-c2ccccc2)c(F)c1. The van der Waals surface area contributed by atoms with E-state index in [0.29, 0.717) is 15.7 Å². The van der Waals surface area contributed by atoms with E-state index in [1.807, 2.05) is 30.3 Å². The van der Waals surface area contributed by atoms with Gasteiger partial charge in [-0.05, 0) is 52.5 Å². The molecule has 0 fully saturated rings. The zero-order chi connectivity index (χ0) is 13.9. The molecule has 0 saturated heterocycles. The van der Waals surface area contributed by atoms with Crippen molar-refractivity contribution in [1.29, 1.82) is 0 Å². The molecule has 0 amide bonds. The fourth-order valence-corrected chi connectivity index (χ4v) is 2.47. The van der Waals surface area contributed by atoms with Crippen LogP contribution in [0.5, 0.6) is 0 Å². The summed E-state index contributed by atoms with van der Waals surface area (Å²) >= 11 is 1.15. The Balaban J connectivity index is 1.95. The summed E-state index contributed by atoms with van der Waals surface area (Å²) in [5, 5.41) is 12.0. The van der Waals surface area contributed by atoms with E-state index in [1.165, 1.54) is 6.07 Å². The van der Waals surface area contributed by atoms with Crippen molar-refractivity contribution in [3.8, 4) is 5.69 Å². The summed E-state index contributed by atoms with van der Waals surface area (Å²) in [6, 6.07) is 13.9. The van der Waals surface area contributed by atoms with Gasteiger partial charge in [0.1, 0.15) is 5.82 Å². The predicted octanol–water partition coefficient (Wildman–Crippen LogP) is 2.53. The second-order valence-electron chi connectivity index (χ2n) is 4.00. The minimum Gasteiger partial charge on any atom is -0.399 e. The van der Waals surface area contributed by atoms with Crippen LogP contribution in [0.1, 0.15) is 0 Å². The van der Waals surface area contributed by atoms with Gasteiger partial charge in [-0.25, -0.2) is 4.39 Å². The lowest BCUT2D eigenvalue weighted by atomic mass is 10.3. The van der Waals surface area contributed by atoms with Crippen LogP contribution < -0.4 is 5.73 Å². The normalized spacial score (nSPS) is 10.7. The second-order valence-corrected chi connectivity index (χ2v) is 5.01. The molecule has 0 unspecified atom stereocenters. The van der Waals surface area contributed by atoms with Crippen molar-refractivity contribution in [3.05, 3.63) is 54.3 Å². The van der Waals surface area contributed by atoms with E-state index in [2.05, 4.69) is 15.5 Å². The molecule has 0 spiro atoms. The third kappa shape index (κ3) is 2.48. The highest BCUT2D eigenvalue weighted by atomic mass is 32.2. The Morgan fingerprint density at radius 1 is 1.10 bits per heavy atom. The predicted molar refractivity (Wildman–Crippen MR) is 74.1 cm³/mol. The summed E-state index contributed by atoms with van der Waals surface area (Å²) < 4.78 is 15.4. The summed E-state index contributed by atoms with van der Waals surface area (Å²) in [7, 11) is 0. The molecule has 7 heteroatoms. The Hall–Kier alpha value is -2.41. The van der Waals surface area contributed by atoms with Crippen LogP contribution in [0.2, 0.25) is 0 Å². The zero-order valence-corrected chi connectivity index (χ0v) is 11.1. The van der Waals surface area contributed by atoms with Gasteiger partial charge < -0.3 is 5.73 Å². The Bertz CT molecular complexity index is 729. The molecule has 0 aliphatic carbocycles. The van der Waals surface area contributed by atoms with Gasteiger partial charge in [0.15, 0.2) is 0 Å². The number of nitrogens with two attached hydrogens (primary N) is 1. The van der Waals surface area contributed by atoms with Crippen molar-refractivity contribution in [3.63, 3.8) is 0 Å². The number of benzene rings is 2.